The summed E-state index contributed by atoms with van der Waals surface area (Å²) >= 11 is 0. The van der Waals surface area contributed by atoms with Crippen molar-refractivity contribution in [3.63, 3.8) is 0 Å². The van der Waals surface area contributed by atoms with Crippen LogP contribution >= 0.6 is 0 Å². The first-order valence-corrected chi connectivity index (χ1v) is 15.5. The fourth-order valence-corrected chi connectivity index (χ4v) is 8.37. The molecule has 1 saturated heterocycles. The van der Waals surface area contributed by atoms with Gasteiger partial charge in [-0.25, -0.2) is 0 Å². The molecule has 3 fully saturated rings. The van der Waals surface area contributed by atoms with Crippen molar-refractivity contribution in [2.24, 2.45) is 28.6 Å². The highest BCUT2D eigenvalue weighted by molar-refractivity contribution is 5.87. The minimum atomic E-state index is -0.126. The molecule has 0 radical (unpaired) electrons. The number of carbonyl (C=O) groups is 1. The Kier molecular flexibility index (Phi) is 7.39. The van der Waals surface area contributed by atoms with Crippen LogP contribution in [-0.4, -0.2) is 39.2 Å². The van der Waals surface area contributed by atoms with Crippen LogP contribution < -0.4 is 14.4 Å². The molecule has 5 unspecified atom stereocenters. The highest BCUT2D eigenvalue weighted by Crippen LogP contribution is 2.62. The maximum Gasteiger partial charge on any atom is 0.169 e. The van der Waals surface area contributed by atoms with Gasteiger partial charge in [-0.1, -0.05) is 27.7 Å². The Labute approximate surface area is 240 Å². The number of benzene rings is 2. The lowest BCUT2D eigenvalue weighted by Gasteiger charge is -2.52. The van der Waals surface area contributed by atoms with E-state index < -0.39 is 0 Å². The molecule has 0 amide bonds. The van der Waals surface area contributed by atoms with E-state index in [-0.39, 0.29) is 5.41 Å². The number of fused-ring (bicyclic) bond motifs is 5. The van der Waals surface area contributed by atoms with Gasteiger partial charge in [-0.15, -0.1) is 0 Å². The number of carbonyl (C=O) groups excluding carboxylic acids is 1. The van der Waals surface area contributed by atoms with Crippen molar-refractivity contribution in [1.82, 2.24) is 0 Å². The SMILES string of the molecule is COc1cc2c(cc1Oc1ccc(N3CCOCC3)cc1)CC(CCC(C)(C)C)C1C2CCC2(C)C(=O)CCC12. The second-order valence-electron chi connectivity index (χ2n) is 14.2. The maximum atomic E-state index is 13.1. The Morgan fingerprint density at radius 1 is 1.05 bits per heavy atom. The first-order valence-electron chi connectivity index (χ1n) is 15.5. The zero-order valence-electron chi connectivity index (χ0n) is 25.1. The zero-order chi connectivity index (χ0) is 28.1. The molecular formula is C35H47NO4. The minimum Gasteiger partial charge on any atom is -0.493 e. The van der Waals surface area contributed by atoms with Gasteiger partial charge >= 0.3 is 0 Å². The van der Waals surface area contributed by atoms with Gasteiger partial charge in [0.2, 0.25) is 0 Å². The van der Waals surface area contributed by atoms with Gasteiger partial charge in [0.1, 0.15) is 11.5 Å². The number of methoxy groups -OCH3 is 1. The van der Waals surface area contributed by atoms with E-state index in [2.05, 4.69) is 69.0 Å². The number of Topliss-reactive ketones (excluding diaryl/α,β-unsaturated/α-hetero) is 1. The van der Waals surface area contributed by atoms with E-state index in [4.69, 9.17) is 14.2 Å². The van der Waals surface area contributed by atoms with Crippen LogP contribution in [0.1, 0.15) is 83.3 Å². The first kappa shape index (κ1) is 27.6. The van der Waals surface area contributed by atoms with Gasteiger partial charge in [-0.2, -0.15) is 0 Å². The van der Waals surface area contributed by atoms with E-state index in [1.54, 1.807) is 7.11 Å². The minimum absolute atomic E-state index is 0.126. The summed E-state index contributed by atoms with van der Waals surface area (Å²) in [7, 11) is 1.75. The third-order valence-corrected chi connectivity index (χ3v) is 10.6. The average molecular weight is 546 g/mol. The highest BCUT2D eigenvalue weighted by Gasteiger charge is 2.56. The summed E-state index contributed by atoms with van der Waals surface area (Å²) in [6.45, 7) is 12.7. The monoisotopic (exact) mass is 545 g/mol. The Bertz CT molecular complexity index is 1230. The Hall–Kier alpha value is -2.53. The number of morpholine rings is 1. The third-order valence-electron chi connectivity index (χ3n) is 10.6. The van der Waals surface area contributed by atoms with Crippen LogP contribution in [0.15, 0.2) is 36.4 Å². The lowest BCUT2D eigenvalue weighted by atomic mass is 9.52. The number of anilines is 1. The van der Waals surface area contributed by atoms with Gasteiger partial charge < -0.3 is 19.1 Å². The van der Waals surface area contributed by atoms with Gasteiger partial charge in [-0.3, -0.25) is 4.79 Å². The summed E-state index contributed by atoms with van der Waals surface area (Å²) < 4.78 is 17.9. The van der Waals surface area contributed by atoms with Crippen LogP contribution in [0.2, 0.25) is 0 Å². The third kappa shape index (κ3) is 5.15. The van der Waals surface area contributed by atoms with Crippen molar-refractivity contribution in [3.05, 3.63) is 47.5 Å². The number of nitrogens with zero attached hydrogens (tertiary/aromatic N) is 1. The van der Waals surface area contributed by atoms with Crippen molar-refractivity contribution in [1.29, 1.82) is 0 Å². The molecular weight excluding hydrogens is 498 g/mol. The summed E-state index contributed by atoms with van der Waals surface area (Å²) in [5.41, 5.74) is 4.23. The second kappa shape index (κ2) is 10.7. The predicted molar refractivity (Wildman–Crippen MR) is 160 cm³/mol. The lowest BCUT2D eigenvalue weighted by molar-refractivity contribution is -0.130. The van der Waals surface area contributed by atoms with Gasteiger partial charge in [0.05, 0.1) is 20.3 Å². The van der Waals surface area contributed by atoms with E-state index in [0.29, 0.717) is 34.9 Å². The van der Waals surface area contributed by atoms with E-state index in [0.717, 1.165) is 75.7 Å². The van der Waals surface area contributed by atoms with Gasteiger partial charge in [0.25, 0.3) is 0 Å². The molecule has 0 spiro atoms. The summed E-state index contributed by atoms with van der Waals surface area (Å²) in [6, 6.07) is 12.9. The van der Waals surface area contributed by atoms with Gasteiger partial charge in [0.15, 0.2) is 11.5 Å². The quantitative estimate of drug-likeness (QED) is 0.371. The molecule has 4 aliphatic rings. The Morgan fingerprint density at radius 3 is 2.50 bits per heavy atom. The molecule has 6 rings (SSSR count). The smallest absolute Gasteiger partial charge is 0.169 e. The summed E-state index contributed by atoms with van der Waals surface area (Å²) in [4.78, 5) is 15.4. The van der Waals surface area contributed by atoms with E-state index in [1.807, 2.05) is 0 Å². The maximum absolute atomic E-state index is 13.1. The van der Waals surface area contributed by atoms with Crippen molar-refractivity contribution >= 4 is 11.5 Å². The summed E-state index contributed by atoms with van der Waals surface area (Å²) in [6.07, 6.45) is 7.43. The number of ketones is 1. The van der Waals surface area contributed by atoms with E-state index in [9.17, 15) is 4.79 Å². The van der Waals surface area contributed by atoms with E-state index in [1.165, 1.54) is 29.7 Å². The standard InChI is InChI=1S/C35H47NO4/c1-34(2,3)14-12-23-20-24-21-31(40-26-8-6-25(7-9-26)36-16-18-39-19-17-36)30(38-5)22-28(24)27-13-15-35(4)29(33(23)27)10-11-32(35)37/h6-9,21-23,27,29,33H,10-20H2,1-5H3. The molecule has 0 N–H and O–H groups in total. The van der Waals surface area contributed by atoms with Gasteiger partial charge in [-0.05, 0) is 115 Å². The first-order chi connectivity index (χ1) is 19.2. The molecule has 216 valence electrons. The Balaban J connectivity index is 1.30. The van der Waals surface area contributed by atoms with Crippen LogP contribution in [-0.2, 0) is 16.0 Å². The molecule has 1 heterocycles. The average Bonchev–Trinajstić information content (AvgIpc) is 3.25. The Morgan fingerprint density at radius 2 is 1.80 bits per heavy atom. The molecule has 1 aliphatic heterocycles. The largest absolute Gasteiger partial charge is 0.493 e. The number of ether oxygens (including phenoxy) is 3. The van der Waals surface area contributed by atoms with Crippen LogP contribution in [0.25, 0.3) is 0 Å². The van der Waals surface area contributed by atoms with Crippen molar-refractivity contribution in [3.8, 4) is 17.2 Å². The number of rotatable bonds is 6. The van der Waals surface area contributed by atoms with Crippen molar-refractivity contribution < 1.29 is 19.0 Å². The van der Waals surface area contributed by atoms with Crippen LogP contribution in [0.3, 0.4) is 0 Å². The lowest BCUT2D eigenvalue weighted by Crippen LogP contribution is -2.46. The van der Waals surface area contributed by atoms with E-state index >= 15 is 0 Å². The fraction of sp³-hybridized carbons (Fsp3) is 0.629. The summed E-state index contributed by atoms with van der Waals surface area (Å²) in [5.74, 6) is 5.11. The second-order valence-corrected chi connectivity index (χ2v) is 14.2. The molecule has 3 aliphatic carbocycles. The number of hydrogen-bond donors (Lipinski definition) is 0. The number of hydrogen-bond acceptors (Lipinski definition) is 5. The molecule has 2 saturated carbocycles. The van der Waals surface area contributed by atoms with Crippen molar-refractivity contribution in [2.75, 3.05) is 38.3 Å². The normalized spacial score (nSPS) is 29.9. The van der Waals surface area contributed by atoms with Crippen molar-refractivity contribution in [2.45, 2.75) is 78.6 Å². The molecule has 5 nitrogen and oxygen atoms in total. The molecule has 5 heteroatoms. The predicted octanol–water partition coefficient (Wildman–Crippen LogP) is 7.80. The molecule has 0 bridgehead atoms. The van der Waals surface area contributed by atoms with Crippen LogP contribution in [0, 0.1) is 28.6 Å². The molecule has 2 aromatic carbocycles. The fourth-order valence-electron chi connectivity index (χ4n) is 8.37. The molecule has 40 heavy (non-hydrogen) atoms. The molecule has 0 aromatic heterocycles. The summed E-state index contributed by atoms with van der Waals surface area (Å²) in [5, 5.41) is 0. The van der Waals surface area contributed by atoms with Crippen LogP contribution in [0.4, 0.5) is 5.69 Å². The zero-order valence-corrected chi connectivity index (χ0v) is 25.1. The van der Waals surface area contributed by atoms with Crippen LogP contribution in [0.5, 0.6) is 17.2 Å². The highest BCUT2D eigenvalue weighted by atomic mass is 16.5. The van der Waals surface area contributed by atoms with Gasteiger partial charge in [0, 0.05) is 30.6 Å². The molecule has 2 aromatic rings. The topological polar surface area (TPSA) is 48.0 Å². The molecule has 5 atom stereocenters.